The number of hydrogen-bond acceptors (Lipinski definition) is 2. The number of ether oxygens (including phenoxy) is 1. The van der Waals surface area contributed by atoms with Crippen LogP contribution >= 0.6 is 34.8 Å². The van der Waals surface area contributed by atoms with Crippen LogP contribution in [0.2, 0.25) is 15.1 Å². The van der Waals surface area contributed by atoms with Gasteiger partial charge in [-0.3, -0.25) is 4.79 Å². The summed E-state index contributed by atoms with van der Waals surface area (Å²) in [5.41, 5.74) is 0.310. The monoisotopic (exact) mass is 292 g/mol. The Kier molecular flexibility index (Phi) is 4.31. The first-order chi connectivity index (χ1) is 8.09. The van der Waals surface area contributed by atoms with Crippen LogP contribution in [-0.4, -0.2) is 18.5 Å². The Labute approximate surface area is 115 Å². The third kappa shape index (κ3) is 2.94. The molecule has 0 saturated carbocycles. The van der Waals surface area contributed by atoms with Crippen LogP contribution in [-0.2, 0) is 4.74 Å². The summed E-state index contributed by atoms with van der Waals surface area (Å²) in [6.45, 7) is 0.610. The number of rotatable bonds is 2. The normalized spacial score (nSPS) is 20.3. The lowest BCUT2D eigenvalue weighted by atomic mass is 10.00. The van der Waals surface area contributed by atoms with E-state index in [9.17, 15) is 4.79 Å². The number of hydrogen-bond donors (Lipinski definition) is 0. The first-order valence-corrected chi connectivity index (χ1v) is 6.53. The lowest BCUT2D eigenvalue weighted by Gasteiger charge is -2.22. The van der Waals surface area contributed by atoms with Crippen molar-refractivity contribution in [2.24, 2.45) is 0 Å². The number of ketones is 1. The molecule has 0 amide bonds. The molecule has 0 N–H and O–H groups in total. The quantitative estimate of drug-likeness (QED) is 0.756. The molecule has 1 aliphatic heterocycles. The van der Waals surface area contributed by atoms with E-state index in [0.717, 1.165) is 12.8 Å². The predicted octanol–water partition coefficient (Wildman–Crippen LogP) is 4.40. The van der Waals surface area contributed by atoms with Crippen molar-refractivity contribution in [3.8, 4) is 0 Å². The predicted molar refractivity (Wildman–Crippen MR) is 69.4 cm³/mol. The average molecular weight is 294 g/mol. The van der Waals surface area contributed by atoms with Crippen molar-refractivity contribution in [2.75, 3.05) is 6.61 Å². The van der Waals surface area contributed by atoms with Gasteiger partial charge < -0.3 is 4.74 Å². The summed E-state index contributed by atoms with van der Waals surface area (Å²) >= 11 is 17.8. The molecule has 1 saturated heterocycles. The minimum atomic E-state index is -0.431. The molecule has 1 heterocycles. The average Bonchev–Trinajstić information content (AvgIpc) is 2.28. The summed E-state index contributed by atoms with van der Waals surface area (Å²) in [5.74, 6) is -0.156. The highest BCUT2D eigenvalue weighted by Gasteiger charge is 2.27. The maximum atomic E-state index is 12.2. The van der Waals surface area contributed by atoms with Crippen molar-refractivity contribution in [1.82, 2.24) is 0 Å². The molecule has 0 aromatic heterocycles. The zero-order chi connectivity index (χ0) is 12.4. The fraction of sp³-hybridized carbons (Fsp3) is 0.417. The Hall–Kier alpha value is -0.280. The van der Waals surface area contributed by atoms with Crippen LogP contribution in [0.3, 0.4) is 0 Å². The first-order valence-electron chi connectivity index (χ1n) is 5.40. The molecule has 0 radical (unpaired) electrons. The SMILES string of the molecule is O=C(c1c(Cl)cc(Cl)cc1Cl)C1CCCCO1. The molecule has 5 heteroatoms. The lowest BCUT2D eigenvalue weighted by molar-refractivity contribution is 0.0187. The van der Waals surface area contributed by atoms with Crippen molar-refractivity contribution in [1.29, 1.82) is 0 Å². The second kappa shape index (κ2) is 5.57. The first kappa shape index (κ1) is 13.2. The van der Waals surface area contributed by atoms with Crippen LogP contribution in [0.5, 0.6) is 0 Å². The van der Waals surface area contributed by atoms with Crippen molar-refractivity contribution < 1.29 is 9.53 Å². The van der Waals surface area contributed by atoms with E-state index < -0.39 is 6.10 Å². The van der Waals surface area contributed by atoms with Crippen LogP contribution in [0.1, 0.15) is 29.6 Å². The zero-order valence-corrected chi connectivity index (χ0v) is 11.3. The number of benzene rings is 1. The van der Waals surface area contributed by atoms with Crippen LogP contribution in [0, 0.1) is 0 Å². The highest BCUT2D eigenvalue weighted by molar-refractivity contribution is 6.42. The maximum absolute atomic E-state index is 12.2. The Bertz CT molecular complexity index is 416. The molecule has 1 aromatic carbocycles. The van der Waals surface area contributed by atoms with Crippen molar-refractivity contribution in [2.45, 2.75) is 25.4 Å². The van der Waals surface area contributed by atoms with E-state index in [1.165, 1.54) is 12.1 Å². The largest absolute Gasteiger partial charge is 0.370 e. The van der Waals surface area contributed by atoms with E-state index >= 15 is 0 Å². The zero-order valence-electron chi connectivity index (χ0n) is 9.01. The third-order valence-corrected chi connectivity index (χ3v) is 3.54. The van der Waals surface area contributed by atoms with Crippen LogP contribution < -0.4 is 0 Å². The molecule has 92 valence electrons. The molecular weight excluding hydrogens is 282 g/mol. The smallest absolute Gasteiger partial charge is 0.194 e. The summed E-state index contributed by atoms with van der Waals surface area (Å²) in [6, 6.07) is 3.04. The molecule has 0 aliphatic carbocycles. The van der Waals surface area contributed by atoms with E-state index in [-0.39, 0.29) is 15.8 Å². The van der Waals surface area contributed by atoms with Gasteiger partial charge in [0.05, 0.1) is 15.6 Å². The maximum Gasteiger partial charge on any atom is 0.194 e. The molecule has 1 atom stereocenters. The van der Waals surface area contributed by atoms with Crippen molar-refractivity contribution in [3.05, 3.63) is 32.8 Å². The summed E-state index contributed by atoms with van der Waals surface area (Å²) in [4.78, 5) is 12.2. The second-order valence-corrected chi connectivity index (χ2v) is 5.21. The third-order valence-electron chi connectivity index (χ3n) is 2.73. The standard InChI is InChI=1S/C12H11Cl3O2/c13-7-5-8(14)11(9(15)6-7)12(16)10-3-1-2-4-17-10/h5-6,10H,1-4H2. The van der Waals surface area contributed by atoms with Crippen molar-refractivity contribution >= 4 is 40.6 Å². The van der Waals surface area contributed by atoms with Gasteiger partial charge in [-0.05, 0) is 31.4 Å². The van der Waals surface area contributed by atoms with Crippen molar-refractivity contribution in [3.63, 3.8) is 0 Å². The Balaban J connectivity index is 2.30. The summed E-state index contributed by atoms with van der Waals surface area (Å²) in [6.07, 6.45) is 2.26. The molecule has 0 spiro atoms. The Morgan fingerprint density at radius 3 is 2.35 bits per heavy atom. The van der Waals surface area contributed by atoms with E-state index in [4.69, 9.17) is 39.5 Å². The van der Waals surface area contributed by atoms with Gasteiger partial charge in [0, 0.05) is 11.6 Å². The van der Waals surface area contributed by atoms with Crippen LogP contribution in [0.4, 0.5) is 0 Å². The van der Waals surface area contributed by atoms with Gasteiger partial charge in [-0.25, -0.2) is 0 Å². The van der Waals surface area contributed by atoms with Gasteiger partial charge in [-0.1, -0.05) is 34.8 Å². The van der Waals surface area contributed by atoms with E-state index in [0.29, 0.717) is 23.6 Å². The van der Waals surface area contributed by atoms with Gasteiger partial charge in [0.25, 0.3) is 0 Å². The van der Waals surface area contributed by atoms with Gasteiger partial charge in [0.15, 0.2) is 5.78 Å². The molecule has 1 fully saturated rings. The Morgan fingerprint density at radius 2 is 1.82 bits per heavy atom. The second-order valence-electron chi connectivity index (χ2n) is 3.96. The molecule has 1 aromatic rings. The fourth-order valence-corrected chi connectivity index (χ4v) is 2.89. The van der Waals surface area contributed by atoms with Gasteiger partial charge in [0.2, 0.25) is 0 Å². The van der Waals surface area contributed by atoms with Crippen LogP contribution in [0.25, 0.3) is 0 Å². The van der Waals surface area contributed by atoms with Gasteiger partial charge in [0.1, 0.15) is 6.10 Å². The number of carbonyl (C=O) groups is 1. The number of Topliss-reactive ketones (excluding diaryl/α,β-unsaturated/α-hetero) is 1. The van der Waals surface area contributed by atoms with E-state index in [2.05, 4.69) is 0 Å². The molecule has 1 aliphatic rings. The van der Waals surface area contributed by atoms with Crippen LogP contribution in [0.15, 0.2) is 12.1 Å². The van der Waals surface area contributed by atoms with Gasteiger partial charge >= 0.3 is 0 Å². The van der Waals surface area contributed by atoms with E-state index in [1.54, 1.807) is 0 Å². The fourth-order valence-electron chi connectivity index (χ4n) is 1.89. The minimum absolute atomic E-state index is 0.156. The molecule has 0 bridgehead atoms. The summed E-state index contributed by atoms with van der Waals surface area (Å²) in [5, 5.41) is 0.976. The van der Waals surface area contributed by atoms with Gasteiger partial charge in [-0.15, -0.1) is 0 Å². The lowest BCUT2D eigenvalue weighted by Crippen LogP contribution is -2.28. The highest BCUT2D eigenvalue weighted by Crippen LogP contribution is 2.31. The molecule has 2 nitrogen and oxygen atoms in total. The molecule has 17 heavy (non-hydrogen) atoms. The number of carbonyl (C=O) groups excluding carboxylic acids is 1. The molecule has 2 rings (SSSR count). The van der Waals surface area contributed by atoms with E-state index in [1.807, 2.05) is 0 Å². The Morgan fingerprint density at radius 1 is 1.18 bits per heavy atom. The highest BCUT2D eigenvalue weighted by atomic mass is 35.5. The number of halogens is 3. The minimum Gasteiger partial charge on any atom is -0.370 e. The van der Waals surface area contributed by atoms with Gasteiger partial charge in [-0.2, -0.15) is 0 Å². The molecular formula is C12H11Cl3O2. The topological polar surface area (TPSA) is 26.3 Å². The summed E-state index contributed by atoms with van der Waals surface area (Å²) < 4.78 is 5.43. The summed E-state index contributed by atoms with van der Waals surface area (Å²) in [7, 11) is 0. The molecule has 1 unspecified atom stereocenters.